The maximum Gasteiger partial charge on any atom is 0.342 e. The molecule has 0 aliphatic carbocycles. The number of nitrogens with zero attached hydrogens (tertiary/aromatic N) is 1. The number of carbonyl (C=O) groups is 1. The molecule has 1 aromatic heterocycles. The third-order valence-electron chi connectivity index (χ3n) is 1.66. The van der Waals surface area contributed by atoms with Crippen LogP contribution in [0.2, 0.25) is 5.15 Å². The Morgan fingerprint density at radius 3 is 2.81 bits per heavy atom. The molecule has 1 rings (SSSR count). The van der Waals surface area contributed by atoms with Crippen molar-refractivity contribution < 1.29 is 19.1 Å². The molecule has 0 aliphatic heterocycles. The fourth-order valence-corrected chi connectivity index (χ4v) is 1.14. The van der Waals surface area contributed by atoms with Crippen molar-refractivity contribution in [2.24, 2.45) is 0 Å². The van der Waals surface area contributed by atoms with E-state index in [9.17, 15) is 4.79 Å². The Labute approximate surface area is 97.4 Å². The number of aromatic nitrogens is 1. The molecule has 0 atom stereocenters. The Morgan fingerprint density at radius 2 is 2.25 bits per heavy atom. The highest BCUT2D eigenvalue weighted by Gasteiger charge is 2.13. The summed E-state index contributed by atoms with van der Waals surface area (Å²) in [5.41, 5.74) is 2.53. The lowest BCUT2D eigenvalue weighted by atomic mass is 10.3. The van der Waals surface area contributed by atoms with E-state index in [-0.39, 0.29) is 17.4 Å². The van der Waals surface area contributed by atoms with Crippen LogP contribution in [-0.4, -0.2) is 31.9 Å². The molecule has 0 aromatic carbocycles. The second kappa shape index (κ2) is 6.26. The van der Waals surface area contributed by atoms with Crippen molar-refractivity contribution in [3.8, 4) is 5.88 Å². The van der Waals surface area contributed by atoms with Gasteiger partial charge >= 0.3 is 5.97 Å². The van der Waals surface area contributed by atoms with Gasteiger partial charge in [0, 0.05) is 6.07 Å². The number of carbonyl (C=O) groups excluding carboxylic acids is 1. The normalized spacial score (nSPS) is 9.94. The van der Waals surface area contributed by atoms with Crippen LogP contribution >= 0.6 is 11.6 Å². The lowest BCUT2D eigenvalue weighted by Crippen LogP contribution is -2.19. The molecule has 0 spiro atoms. The standard InChI is InChI=1S/C9H11ClN2O4/c1-14-7-4-3-6(8(10)12-7)9(13)16-5-11-15-2/h3-4,11H,5H2,1-2H3. The van der Waals surface area contributed by atoms with Gasteiger partial charge in [0.2, 0.25) is 5.88 Å². The number of methoxy groups -OCH3 is 1. The molecular formula is C9H11ClN2O4. The summed E-state index contributed by atoms with van der Waals surface area (Å²) >= 11 is 5.77. The summed E-state index contributed by atoms with van der Waals surface area (Å²) in [7, 11) is 2.87. The first kappa shape index (κ1) is 12.7. The van der Waals surface area contributed by atoms with Crippen LogP contribution < -0.4 is 10.2 Å². The number of rotatable bonds is 5. The third kappa shape index (κ3) is 3.34. The first-order valence-electron chi connectivity index (χ1n) is 4.32. The number of hydroxylamine groups is 1. The highest BCUT2D eigenvalue weighted by Crippen LogP contribution is 2.18. The molecule has 0 amide bonds. The molecule has 1 aromatic rings. The molecule has 0 bridgehead atoms. The Hall–Kier alpha value is -1.37. The van der Waals surface area contributed by atoms with Crippen LogP contribution in [-0.2, 0) is 9.57 Å². The largest absolute Gasteiger partial charge is 0.481 e. The minimum atomic E-state index is -0.593. The van der Waals surface area contributed by atoms with E-state index in [2.05, 4.69) is 15.3 Å². The van der Waals surface area contributed by atoms with Gasteiger partial charge in [0.25, 0.3) is 0 Å². The SMILES string of the molecule is CONCOC(=O)c1ccc(OC)nc1Cl. The van der Waals surface area contributed by atoms with Gasteiger partial charge in [-0.15, -0.1) is 0 Å². The van der Waals surface area contributed by atoms with Gasteiger partial charge in [0.05, 0.1) is 19.8 Å². The lowest BCUT2D eigenvalue weighted by Gasteiger charge is -2.06. The molecule has 16 heavy (non-hydrogen) atoms. The quantitative estimate of drug-likeness (QED) is 0.275. The van der Waals surface area contributed by atoms with Crippen molar-refractivity contribution in [2.75, 3.05) is 21.0 Å². The number of halogens is 1. The van der Waals surface area contributed by atoms with Crippen molar-refractivity contribution in [3.63, 3.8) is 0 Å². The minimum absolute atomic E-state index is 0.0294. The Kier molecular flexibility index (Phi) is 4.97. The Bertz CT molecular complexity index is 373. The fourth-order valence-electron chi connectivity index (χ4n) is 0.915. The predicted molar refractivity (Wildman–Crippen MR) is 56.2 cm³/mol. The smallest absolute Gasteiger partial charge is 0.342 e. The van der Waals surface area contributed by atoms with E-state index < -0.39 is 5.97 Å². The monoisotopic (exact) mass is 246 g/mol. The van der Waals surface area contributed by atoms with E-state index in [0.717, 1.165) is 0 Å². The zero-order valence-corrected chi connectivity index (χ0v) is 9.58. The number of nitrogens with one attached hydrogen (secondary N) is 1. The maximum absolute atomic E-state index is 11.5. The summed E-state index contributed by atoms with van der Waals surface area (Å²) in [6.45, 7) is -0.0717. The van der Waals surface area contributed by atoms with E-state index >= 15 is 0 Å². The number of esters is 1. The summed E-state index contributed by atoms with van der Waals surface area (Å²) in [4.78, 5) is 19.8. The molecule has 0 fully saturated rings. The Balaban J connectivity index is 2.68. The lowest BCUT2D eigenvalue weighted by molar-refractivity contribution is 0.000383. The second-order valence-electron chi connectivity index (χ2n) is 2.62. The van der Waals surface area contributed by atoms with Gasteiger partial charge in [-0.05, 0) is 6.07 Å². The highest BCUT2D eigenvalue weighted by atomic mass is 35.5. The van der Waals surface area contributed by atoms with Crippen LogP contribution in [0.25, 0.3) is 0 Å². The van der Waals surface area contributed by atoms with Crippen LogP contribution in [0, 0.1) is 0 Å². The molecule has 0 radical (unpaired) electrons. The zero-order chi connectivity index (χ0) is 12.0. The van der Waals surface area contributed by atoms with Crippen molar-refractivity contribution in [3.05, 3.63) is 22.8 Å². The van der Waals surface area contributed by atoms with Crippen LogP contribution in [0.1, 0.15) is 10.4 Å². The van der Waals surface area contributed by atoms with Gasteiger partial charge in [0.1, 0.15) is 5.15 Å². The van der Waals surface area contributed by atoms with Crippen LogP contribution in [0.4, 0.5) is 0 Å². The second-order valence-corrected chi connectivity index (χ2v) is 2.97. The average Bonchev–Trinajstić information content (AvgIpc) is 2.29. The van der Waals surface area contributed by atoms with Crippen molar-refractivity contribution in [1.29, 1.82) is 0 Å². The molecule has 0 saturated heterocycles. The predicted octanol–water partition coefficient (Wildman–Crippen LogP) is 1.01. The molecule has 6 nitrogen and oxygen atoms in total. The number of hydrogen-bond donors (Lipinski definition) is 1. The number of hydrogen-bond acceptors (Lipinski definition) is 6. The number of ether oxygens (including phenoxy) is 2. The summed E-state index contributed by atoms with van der Waals surface area (Å²) in [5.74, 6) is -0.263. The number of pyridine rings is 1. The molecule has 1 heterocycles. The fraction of sp³-hybridized carbons (Fsp3) is 0.333. The van der Waals surface area contributed by atoms with Gasteiger partial charge < -0.3 is 14.3 Å². The molecule has 7 heteroatoms. The van der Waals surface area contributed by atoms with Gasteiger partial charge in [-0.25, -0.2) is 9.78 Å². The van der Waals surface area contributed by atoms with Gasteiger partial charge in [-0.1, -0.05) is 11.6 Å². The topological polar surface area (TPSA) is 69.7 Å². The van der Waals surface area contributed by atoms with Crippen molar-refractivity contribution >= 4 is 17.6 Å². The van der Waals surface area contributed by atoms with Crippen molar-refractivity contribution in [2.45, 2.75) is 0 Å². The van der Waals surface area contributed by atoms with Gasteiger partial charge in [0.15, 0.2) is 6.73 Å². The first-order chi connectivity index (χ1) is 7.69. The summed E-state index contributed by atoms with van der Waals surface area (Å²) in [5, 5.41) is 0.0294. The van der Waals surface area contributed by atoms with E-state index in [1.54, 1.807) is 0 Å². The summed E-state index contributed by atoms with van der Waals surface area (Å²) in [6, 6.07) is 3.00. The van der Waals surface area contributed by atoms with E-state index in [1.165, 1.54) is 26.4 Å². The molecule has 0 saturated carbocycles. The van der Waals surface area contributed by atoms with E-state index in [4.69, 9.17) is 21.1 Å². The average molecular weight is 247 g/mol. The minimum Gasteiger partial charge on any atom is -0.481 e. The maximum atomic E-state index is 11.5. The highest BCUT2D eigenvalue weighted by molar-refractivity contribution is 6.32. The first-order valence-corrected chi connectivity index (χ1v) is 4.70. The van der Waals surface area contributed by atoms with Gasteiger partial charge in [-0.3, -0.25) is 0 Å². The molecule has 0 aliphatic rings. The van der Waals surface area contributed by atoms with Crippen LogP contribution in [0.5, 0.6) is 5.88 Å². The van der Waals surface area contributed by atoms with Crippen molar-refractivity contribution in [1.82, 2.24) is 10.5 Å². The summed E-state index contributed by atoms with van der Waals surface area (Å²) < 4.78 is 9.63. The molecular weight excluding hydrogens is 236 g/mol. The summed E-state index contributed by atoms with van der Waals surface area (Å²) in [6.07, 6.45) is 0. The van der Waals surface area contributed by atoms with Crippen LogP contribution in [0.3, 0.4) is 0 Å². The third-order valence-corrected chi connectivity index (χ3v) is 1.95. The molecule has 88 valence electrons. The van der Waals surface area contributed by atoms with E-state index in [0.29, 0.717) is 5.88 Å². The van der Waals surface area contributed by atoms with Crippen LogP contribution in [0.15, 0.2) is 12.1 Å². The zero-order valence-electron chi connectivity index (χ0n) is 8.82. The van der Waals surface area contributed by atoms with Gasteiger partial charge in [-0.2, -0.15) is 5.48 Å². The molecule has 1 N–H and O–H groups in total. The van der Waals surface area contributed by atoms with E-state index in [1.807, 2.05) is 0 Å². The Morgan fingerprint density at radius 1 is 1.50 bits per heavy atom. The molecule has 0 unspecified atom stereocenters.